The number of carbonyl (C=O) groups is 3. The predicted molar refractivity (Wildman–Crippen MR) is 94.0 cm³/mol. The maximum Gasteiger partial charge on any atom is 0.335 e. The summed E-state index contributed by atoms with van der Waals surface area (Å²) in [6, 6.07) is 0.997. The van der Waals surface area contributed by atoms with Crippen molar-refractivity contribution in [2.24, 2.45) is 7.05 Å². The first-order valence-corrected chi connectivity index (χ1v) is 8.12. The Balaban J connectivity index is 2.36. The molecule has 2 aromatic rings. The Kier molecular flexibility index (Phi) is 6.17. The molecule has 2 N–H and O–H groups in total. The minimum absolute atomic E-state index is 0.00389. The first-order chi connectivity index (χ1) is 12.7. The molecule has 0 atom stereocenters. The van der Waals surface area contributed by atoms with Gasteiger partial charge in [-0.25, -0.2) is 14.1 Å². The van der Waals surface area contributed by atoms with E-state index >= 15 is 0 Å². The second-order valence-corrected chi connectivity index (χ2v) is 6.09. The van der Waals surface area contributed by atoms with E-state index in [9.17, 15) is 18.8 Å². The molecule has 1 heterocycles. The van der Waals surface area contributed by atoms with E-state index < -0.39 is 23.5 Å². The number of anilines is 2. The molecule has 0 bridgehead atoms. The molecule has 0 aliphatic heterocycles. The molecule has 2 rings (SSSR count). The van der Waals surface area contributed by atoms with Gasteiger partial charge in [0, 0.05) is 18.6 Å². The van der Waals surface area contributed by atoms with Gasteiger partial charge in [-0.15, -0.1) is 0 Å². The molecule has 144 valence electrons. The quantitative estimate of drug-likeness (QED) is 0.523. The Morgan fingerprint density at radius 2 is 2.00 bits per heavy atom. The van der Waals surface area contributed by atoms with Crippen molar-refractivity contribution in [1.29, 1.82) is 0 Å². The lowest BCUT2D eigenvalue weighted by atomic mass is 10.0. The third-order valence-electron chi connectivity index (χ3n) is 3.55. The van der Waals surface area contributed by atoms with Crippen LogP contribution in [0.15, 0.2) is 10.5 Å². The zero-order valence-electron chi connectivity index (χ0n) is 14.7. The van der Waals surface area contributed by atoms with Crippen LogP contribution in [0.1, 0.15) is 15.9 Å². The standard InChI is InChI=1S/C14H15BrFN7O4/c1-6-9(11(24)18-14-19-20-21-22(14)2)8(16)5-7(15)10(6)17-12(25)13(26)23(3)27-4/h5H,1-4H3,(H,17,25)(H,18,19,21,24). The van der Waals surface area contributed by atoms with Crippen LogP contribution in [0.2, 0.25) is 0 Å². The van der Waals surface area contributed by atoms with Crippen LogP contribution < -0.4 is 10.6 Å². The molecule has 0 radical (unpaired) electrons. The fourth-order valence-electron chi connectivity index (χ4n) is 2.06. The number of benzene rings is 1. The van der Waals surface area contributed by atoms with Gasteiger partial charge in [0.2, 0.25) is 5.95 Å². The molecule has 1 aromatic heterocycles. The predicted octanol–water partition coefficient (Wildman–Crippen LogP) is 0.631. The first-order valence-electron chi connectivity index (χ1n) is 7.32. The topological polar surface area (TPSA) is 131 Å². The summed E-state index contributed by atoms with van der Waals surface area (Å²) in [7, 11) is 3.96. The van der Waals surface area contributed by atoms with E-state index in [4.69, 9.17) is 0 Å². The van der Waals surface area contributed by atoms with E-state index in [1.54, 1.807) is 0 Å². The van der Waals surface area contributed by atoms with E-state index in [0.717, 1.165) is 11.1 Å². The number of hydrogen-bond acceptors (Lipinski definition) is 7. The second-order valence-electron chi connectivity index (χ2n) is 5.23. The number of hydrogen-bond donors (Lipinski definition) is 2. The third-order valence-corrected chi connectivity index (χ3v) is 4.17. The van der Waals surface area contributed by atoms with Crippen LogP contribution in [0.5, 0.6) is 0 Å². The summed E-state index contributed by atoms with van der Waals surface area (Å²) in [5, 5.41) is 15.9. The molecule has 0 aliphatic carbocycles. The zero-order chi connectivity index (χ0) is 20.3. The number of likely N-dealkylation sites (N-methyl/N-ethyl adjacent to an activating group) is 1. The van der Waals surface area contributed by atoms with E-state index in [1.165, 1.54) is 32.8 Å². The van der Waals surface area contributed by atoms with Gasteiger partial charge >= 0.3 is 11.8 Å². The Hall–Kier alpha value is -2.93. The number of nitrogens with zero attached hydrogens (tertiary/aromatic N) is 5. The van der Waals surface area contributed by atoms with Crippen LogP contribution in [0.4, 0.5) is 16.0 Å². The summed E-state index contributed by atoms with van der Waals surface area (Å²) < 4.78 is 15.7. The molecule has 0 saturated carbocycles. The molecule has 0 aliphatic rings. The number of amides is 3. The van der Waals surface area contributed by atoms with Crippen molar-refractivity contribution in [3.8, 4) is 0 Å². The van der Waals surface area contributed by atoms with Crippen LogP contribution in [0.25, 0.3) is 0 Å². The summed E-state index contributed by atoms with van der Waals surface area (Å²) in [6.07, 6.45) is 0. The van der Waals surface area contributed by atoms with E-state index in [0.29, 0.717) is 0 Å². The Morgan fingerprint density at radius 3 is 2.56 bits per heavy atom. The normalized spacial score (nSPS) is 10.4. The number of nitrogens with one attached hydrogen (secondary N) is 2. The summed E-state index contributed by atoms with van der Waals surface area (Å²) in [6.45, 7) is 1.41. The Labute approximate surface area is 160 Å². The van der Waals surface area contributed by atoms with Gasteiger partial charge in [0.15, 0.2) is 0 Å². The Morgan fingerprint density at radius 1 is 1.33 bits per heavy atom. The SMILES string of the molecule is CON(C)C(=O)C(=O)Nc1c(Br)cc(F)c(C(=O)Nc2nnnn2C)c1C. The number of rotatable bonds is 4. The summed E-state index contributed by atoms with van der Waals surface area (Å²) >= 11 is 3.11. The second kappa shape index (κ2) is 8.18. The molecule has 13 heteroatoms. The number of carbonyl (C=O) groups excluding carboxylic acids is 3. The monoisotopic (exact) mass is 443 g/mol. The van der Waals surface area contributed by atoms with Gasteiger partial charge in [0.05, 0.1) is 18.4 Å². The van der Waals surface area contributed by atoms with Gasteiger partial charge in [-0.3, -0.25) is 24.5 Å². The molecular formula is C14H15BrFN7O4. The summed E-state index contributed by atoms with van der Waals surface area (Å²) in [5.41, 5.74) is -0.194. The molecule has 0 fully saturated rings. The van der Waals surface area contributed by atoms with Gasteiger partial charge in [-0.2, -0.15) is 0 Å². The van der Waals surface area contributed by atoms with Crippen molar-refractivity contribution in [2.45, 2.75) is 6.92 Å². The molecule has 11 nitrogen and oxygen atoms in total. The van der Waals surface area contributed by atoms with Gasteiger partial charge in [0.1, 0.15) is 5.82 Å². The number of aromatic nitrogens is 4. The highest BCUT2D eigenvalue weighted by molar-refractivity contribution is 9.10. The highest BCUT2D eigenvalue weighted by atomic mass is 79.9. The average molecular weight is 444 g/mol. The van der Waals surface area contributed by atoms with Crippen molar-refractivity contribution in [3.63, 3.8) is 0 Å². The molecule has 0 saturated heterocycles. The maximum absolute atomic E-state index is 14.4. The van der Waals surface area contributed by atoms with Gasteiger partial charge < -0.3 is 5.32 Å². The van der Waals surface area contributed by atoms with Gasteiger partial charge in [0.25, 0.3) is 5.91 Å². The lowest BCUT2D eigenvalue weighted by Gasteiger charge is -2.17. The smallest absolute Gasteiger partial charge is 0.316 e. The maximum atomic E-state index is 14.4. The number of halogens is 2. The average Bonchev–Trinajstić information content (AvgIpc) is 3.01. The van der Waals surface area contributed by atoms with Crippen molar-refractivity contribution < 1.29 is 23.6 Å². The van der Waals surface area contributed by atoms with Crippen LogP contribution in [-0.4, -0.2) is 57.1 Å². The summed E-state index contributed by atoms with van der Waals surface area (Å²) in [4.78, 5) is 41.0. The molecule has 0 unspecified atom stereocenters. The molecule has 3 amide bonds. The van der Waals surface area contributed by atoms with Crippen LogP contribution >= 0.6 is 15.9 Å². The van der Waals surface area contributed by atoms with Crippen LogP contribution in [0, 0.1) is 12.7 Å². The van der Waals surface area contributed by atoms with Crippen molar-refractivity contribution in [3.05, 3.63) is 27.5 Å². The minimum Gasteiger partial charge on any atom is -0.316 e. The summed E-state index contributed by atoms with van der Waals surface area (Å²) in [5.74, 6) is -3.68. The highest BCUT2D eigenvalue weighted by Crippen LogP contribution is 2.31. The lowest BCUT2D eigenvalue weighted by Crippen LogP contribution is -2.36. The molecule has 1 aromatic carbocycles. The van der Waals surface area contributed by atoms with Crippen molar-refractivity contribution >= 4 is 45.3 Å². The first kappa shape index (κ1) is 20.4. The van der Waals surface area contributed by atoms with E-state index in [-0.39, 0.29) is 27.2 Å². The fourth-order valence-corrected chi connectivity index (χ4v) is 2.66. The van der Waals surface area contributed by atoms with Gasteiger partial charge in [-0.05, 0) is 44.9 Å². The van der Waals surface area contributed by atoms with Crippen LogP contribution in [0.3, 0.4) is 0 Å². The van der Waals surface area contributed by atoms with E-state index in [2.05, 4.69) is 46.9 Å². The van der Waals surface area contributed by atoms with Gasteiger partial charge in [-0.1, -0.05) is 5.10 Å². The lowest BCUT2D eigenvalue weighted by molar-refractivity contribution is -0.171. The molecule has 27 heavy (non-hydrogen) atoms. The molecule has 0 spiro atoms. The number of hydroxylamine groups is 2. The largest absolute Gasteiger partial charge is 0.335 e. The minimum atomic E-state index is -1.03. The van der Waals surface area contributed by atoms with Crippen molar-refractivity contribution in [2.75, 3.05) is 24.8 Å². The number of aryl methyl sites for hydroxylation is 1. The van der Waals surface area contributed by atoms with Crippen LogP contribution in [-0.2, 0) is 21.5 Å². The third kappa shape index (κ3) is 4.25. The Bertz CT molecular complexity index is 917. The fraction of sp³-hybridized carbons (Fsp3) is 0.286. The highest BCUT2D eigenvalue weighted by Gasteiger charge is 2.25. The zero-order valence-corrected chi connectivity index (χ0v) is 16.3. The van der Waals surface area contributed by atoms with Crippen molar-refractivity contribution in [1.82, 2.24) is 25.3 Å². The van der Waals surface area contributed by atoms with E-state index in [1.807, 2.05) is 0 Å². The number of tetrazole rings is 1. The molecular weight excluding hydrogens is 429 g/mol.